The Balaban J connectivity index is 2.00. The summed E-state index contributed by atoms with van der Waals surface area (Å²) in [6.45, 7) is 7.47. The molecule has 0 aromatic rings. The number of nitrogens with one attached hydrogen (secondary N) is 1. The minimum atomic E-state index is 0.610. The van der Waals surface area contributed by atoms with Gasteiger partial charge in [0.25, 0.3) is 0 Å². The summed E-state index contributed by atoms with van der Waals surface area (Å²) in [4.78, 5) is 5.38. The monoisotopic (exact) mass is 171 g/mol. The number of hydrogen-bond acceptors (Lipinski definition) is 2. The van der Waals surface area contributed by atoms with E-state index >= 15 is 0 Å². The zero-order chi connectivity index (χ0) is 8.97. The van der Waals surface area contributed by atoms with Crippen molar-refractivity contribution in [3.8, 4) is 0 Å². The zero-order valence-corrected chi connectivity index (χ0v) is 8.47. The van der Waals surface area contributed by atoms with Crippen LogP contribution in [0.2, 0.25) is 0 Å². The van der Waals surface area contributed by atoms with Crippen molar-refractivity contribution in [1.29, 1.82) is 0 Å². The van der Waals surface area contributed by atoms with Gasteiger partial charge in [0.1, 0.15) is 0 Å². The molecule has 12 heavy (non-hydrogen) atoms. The van der Waals surface area contributed by atoms with E-state index in [2.05, 4.69) is 26.3 Å². The van der Waals surface area contributed by atoms with Crippen LogP contribution in [0.25, 0.3) is 0 Å². The molecule has 1 N–H and O–H groups in total. The number of hydrogen-bond donors (Lipinski definition) is 1. The molecule has 2 unspecified atom stereocenters. The van der Waals surface area contributed by atoms with Crippen molar-refractivity contribution < 1.29 is 4.84 Å². The summed E-state index contributed by atoms with van der Waals surface area (Å²) < 4.78 is 0. The molecule has 0 spiro atoms. The smallest absolute Gasteiger partial charge is 0.0705 e. The quantitative estimate of drug-likeness (QED) is 0.656. The van der Waals surface area contributed by atoms with Crippen molar-refractivity contribution in [2.75, 3.05) is 6.61 Å². The van der Waals surface area contributed by atoms with Crippen LogP contribution in [-0.2, 0) is 4.84 Å². The fourth-order valence-electron chi connectivity index (χ4n) is 1.65. The van der Waals surface area contributed by atoms with Gasteiger partial charge in [-0.3, -0.25) is 0 Å². The summed E-state index contributed by atoms with van der Waals surface area (Å²) >= 11 is 0. The Bertz CT molecular complexity index is 125. The van der Waals surface area contributed by atoms with Crippen molar-refractivity contribution in [3.63, 3.8) is 0 Å². The molecule has 2 nitrogen and oxygen atoms in total. The molecule has 2 heteroatoms. The van der Waals surface area contributed by atoms with Crippen molar-refractivity contribution in [3.05, 3.63) is 0 Å². The van der Waals surface area contributed by atoms with Gasteiger partial charge >= 0.3 is 0 Å². The lowest BCUT2D eigenvalue weighted by atomic mass is 10.1. The lowest BCUT2D eigenvalue weighted by Gasteiger charge is -2.13. The minimum Gasteiger partial charge on any atom is -0.301 e. The fraction of sp³-hybridized carbons (Fsp3) is 1.00. The van der Waals surface area contributed by atoms with Gasteiger partial charge < -0.3 is 4.84 Å². The topological polar surface area (TPSA) is 21.3 Å². The van der Waals surface area contributed by atoms with Crippen LogP contribution in [0.5, 0.6) is 0 Å². The molecule has 0 radical (unpaired) electrons. The maximum absolute atomic E-state index is 5.38. The van der Waals surface area contributed by atoms with Crippen LogP contribution in [-0.4, -0.2) is 12.6 Å². The van der Waals surface area contributed by atoms with Gasteiger partial charge in [0.05, 0.1) is 6.61 Å². The van der Waals surface area contributed by atoms with Crippen LogP contribution in [0.4, 0.5) is 0 Å². The molecule has 0 aromatic carbocycles. The highest BCUT2D eigenvalue weighted by atomic mass is 16.6. The standard InChI is InChI=1S/C10H21NO/c1-8(2)7-12-11-10-5-4-9(3)6-10/h8-11H,4-7H2,1-3H3. The second kappa shape index (κ2) is 4.83. The summed E-state index contributed by atoms with van der Waals surface area (Å²) in [7, 11) is 0. The van der Waals surface area contributed by atoms with Gasteiger partial charge in [0.15, 0.2) is 0 Å². The molecule has 1 saturated carbocycles. The molecular weight excluding hydrogens is 150 g/mol. The van der Waals surface area contributed by atoms with Crippen LogP contribution in [0.3, 0.4) is 0 Å². The highest BCUT2D eigenvalue weighted by Gasteiger charge is 2.20. The predicted octanol–water partition coefficient (Wildman–Crippen LogP) is 2.35. The third kappa shape index (κ3) is 3.55. The predicted molar refractivity (Wildman–Crippen MR) is 50.7 cm³/mol. The van der Waals surface area contributed by atoms with Gasteiger partial charge in [-0.25, -0.2) is 0 Å². The van der Waals surface area contributed by atoms with E-state index in [4.69, 9.17) is 4.84 Å². The first-order valence-electron chi connectivity index (χ1n) is 5.05. The first-order chi connectivity index (χ1) is 5.68. The normalized spacial score (nSPS) is 30.0. The molecule has 1 aliphatic carbocycles. The van der Waals surface area contributed by atoms with Crippen molar-refractivity contribution in [2.24, 2.45) is 11.8 Å². The van der Waals surface area contributed by atoms with Crippen LogP contribution < -0.4 is 5.48 Å². The van der Waals surface area contributed by atoms with Crippen molar-refractivity contribution in [2.45, 2.75) is 46.1 Å². The van der Waals surface area contributed by atoms with Gasteiger partial charge in [-0.05, 0) is 31.1 Å². The Kier molecular flexibility index (Phi) is 4.02. The van der Waals surface area contributed by atoms with E-state index in [0.717, 1.165) is 12.5 Å². The SMILES string of the molecule is CC(C)CONC1CCC(C)C1. The van der Waals surface area contributed by atoms with Gasteiger partial charge in [-0.1, -0.05) is 20.8 Å². The molecule has 0 bridgehead atoms. The Labute approximate surface area is 75.6 Å². The van der Waals surface area contributed by atoms with Crippen LogP contribution in [0.1, 0.15) is 40.0 Å². The Hall–Kier alpha value is -0.0800. The van der Waals surface area contributed by atoms with Crippen molar-refractivity contribution >= 4 is 0 Å². The molecule has 1 aliphatic rings. The molecule has 1 fully saturated rings. The van der Waals surface area contributed by atoms with E-state index in [1.807, 2.05) is 0 Å². The zero-order valence-electron chi connectivity index (χ0n) is 8.47. The highest BCUT2D eigenvalue weighted by Crippen LogP contribution is 2.24. The Morgan fingerprint density at radius 1 is 1.42 bits per heavy atom. The van der Waals surface area contributed by atoms with Crippen LogP contribution in [0, 0.1) is 11.8 Å². The molecular formula is C10H21NO. The lowest BCUT2D eigenvalue weighted by molar-refractivity contribution is 0.00167. The van der Waals surface area contributed by atoms with E-state index in [9.17, 15) is 0 Å². The molecule has 0 amide bonds. The summed E-state index contributed by atoms with van der Waals surface area (Å²) in [6, 6.07) is 0.610. The van der Waals surface area contributed by atoms with E-state index < -0.39 is 0 Å². The summed E-state index contributed by atoms with van der Waals surface area (Å²) in [6.07, 6.45) is 3.90. The third-order valence-electron chi connectivity index (χ3n) is 2.36. The molecule has 2 atom stereocenters. The lowest BCUT2D eigenvalue weighted by Crippen LogP contribution is -2.28. The van der Waals surface area contributed by atoms with E-state index in [1.165, 1.54) is 19.3 Å². The fourth-order valence-corrected chi connectivity index (χ4v) is 1.65. The van der Waals surface area contributed by atoms with Gasteiger partial charge in [-0.15, -0.1) is 0 Å². The summed E-state index contributed by atoms with van der Waals surface area (Å²) in [5.74, 6) is 1.50. The molecule has 0 aromatic heterocycles. The molecule has 1 rings (SSSR count). The minimum absolute atomic E-state index is 0.610. The molecule has 0 heterocycles. The molecule has 0 saturated heterocycles. The van der Waals surface area contributed by atoms with E-state index in [1.54, 1.807) is 0 Å². The first kappa shape index (κ1) is 10.0. The Morgan fingerprint density at radius 3 is 2.67 bits per heavy atom. The number of rotatable bonds is 4. The van der Waals surface area contributed by atoms with Crippen LogP contribution in [0.15, 0.2) is 0 Å². The van der Waals surface area contributed by atoms with Crippen LogP contribution >= 0.6 is 0 Å². The first-order valence-corrected chi connectivity index (χ1v) is 5.05. The number of hydroxylamine groups is 1. The summed E-state index contributed by atoms with van der Waals surface area (Å²) in [5, 5.41) is 0. The highest BCUT2D eigenvalue weighted by molar-refractivity contribution is 4.75. The van der Waals surface area contributed by atoms with Crippen molar-refractivity contribution in [1.82, 2.24) is 5.48 Å². The summed E-state index contributed by atoms with van der Waals surface area (Å²) in [5.41, 5.74) is 3.14. The second-order valence-corrected chi connectivity index (χ2v) is 4.44. The van der Waals surface area contributed by atoms with E-state index in [0.29, 0.717) is 12.0 Å². The van der Waals surface area contributed by atoms with E-state index in [-0.39, 0.29) is 0 Å². The van der Waals surface area contributed by atoms with Gasteiger partial charge in [0, 0.05) is 6.04 Å². The maximum Gasteiger partial charge on any atom is 0.0705 e. The average Bonchev–Trinajstić information content (AvgIpc) is 2.35. The maximum atomic E-state index is 5.38. The van der Waals surface area contributed by atoms with Gasteiger partial charge in [-0.2, -0.15) is 5.48 Å². The average molecular weight is 171 g/mol. The second-order valence-electron chi connectivity index (χ2n) is 4.44. The Morgan fingerprint density at radius 2 is 2.17 bits per heavy atom. The third-order valence-corrected chi connectivity index (χ3v) is 2.36. The molecule has 72 valence electrons. The largest absolute Gasteiger partial charge is 0.301 e. The molecule has 0 aliphatic heterocycles. The van der Waals surface area contributed by atoms with Gasteiger partial charge in [0.2, 0.25) is 0 Å².